The maximum Gasteiger partial charge on any atom is 0.0302 e. The minimum Gasteiger partial charge on any atom is -0.309 e. The molecule has 1 aliphatic rings. The standard InChI is InChI=1S/C15H25NS/c1-3-5-8-13(4-2)16-11-14-10-12-7-6-9-15(12)17-14/h10,13,16H,3-9,11H2,1-2H3. The van der Waals surface area contributed by atoms with Crippen molar-refractivity contribution in [3.8, 4) is 0 Å². The van der Waals surface area contributed by atoms with Crippen LogP contribution in [0.1, 0.15) is 61.3 Å². The van der Waals surface area contributed by atoms with E-state index in [-0.39, 0.29) is 0 Å². The van der Waals surface area contributed by atoms with Crippen LogP contribution in [0.15, 0.2) is 6.07 Å². The summed E-state index contributed by atoms with van der Waals surface area (Å²) in [5.74, 6) is 0. The topological polar surface area (TPSA) is 12.0 Å². The van der Waals surface area contributed by atoms with E-state index in [1.165, 1.54) is 44.9 Å². The molecule has 0 spiro atoms. The van der Waals surface area contributed by atoms with E-state index < -0.39 is 0 Å². The van der Waals surface area contributed by atoms with E-state index >= 15 is 0 Å². The van der Waals surface area contributed by atoms with Crippen LogP contribution in [0.5, 0.6) is 0 Å². The van der Waals surface area contributed by atoms with Crippen LogP contribution in [0.2, 0.25) is 0 Å². The van der Waals surface area contributed by atoms with Gasteiger partial charge in [0.1, 0.15) is 0 Å². The molecule has 1 unspecified atom stereocenters. The lowest BCUT2D eigenvalue weighted by atomic mass is 10.1. The third kappa shape index (κ3) is 3.56. The molecule has 0 aliphatic heterocycles. The molecule has 0 saturated carbocycles. The molecule has 1 heterocycles. The van der Waals surface area contributed by atoms with E-state index in [2.05, 4.69) is 25.2 Å². The average Bonchev–Trinajstić information content (AvgIpc) is 2.89. The highest BCUT2D eigenvalue weighted by molar-refractivity contribution is 7.12. The fourth-order valence-electron chi connectivity index (χ4n) is 2.62. The van der Waals surface area contributed by atoms with Gasteiger partial charge in [-0.2, -0.15) is 0 Å². The molecule has 1 N–H and O–H groups in total. The Morgan fingerprint density at radius 1 is 1.35 bits per heavy atom. The summed E-state index contributed by atoms with van der Waals surface area (Å²) in [6.07, 6.45) is 9.27. The van der Waals surface area contributed by atoms with Gasteiger partial charge < -0.3 is 5.32 Å². The Morgan fingerprint density at radius 3 is 2.94 bits per heavy atom. The fraction of sp³-hybridized carbons (Fsp3) is 0.733. The Bertz CT molecular complexity index is 321. The number of nitrogens with one attached hydrogen (secondary N) is 1. The molecule has 1 nitrogen and oxygen atoms in total. The molecular weight excluding hydrogens is 226 g/mol. The van der Waals surface area contributed by atoms with Crippen LogP contribution in [0, 0.1) is 0 Å². The number of hydrogen-bond donors (Lipinski definition) is 1. The van der Waals surface area contributed by atoms with Gasteiger partial charge in [0.05, 0.1) is 0 Å². The lowest BCUT2D eigenvalue weighted by molar-refractivity contribution is 0.454. The molecule has 0 aromatic carbocycles. The van der Waals surface area contributed by atoms with Crippen molar-refractivity contribution in [1.29, 1.82) is 0 Å². The molecule has 0 bridgehead atoms. The number of thiophene rings is 1. The first-order valence-corrected chi connectivity index (χ1v) is 7.99. The maximum absolute atomic E-state index is 3.72. The summed E-state index contributed by atoms with van der Waals surface area (Å²) in [6, 6.07) is 3.15. The summed E-state index contributed by atoms with van der Waals surface area (Å²) >= 11 is 2.04. The molecule has 0 amide bonds. The van der Waals surface area contributed by atoms with Crippen molar-refractivity contribution in [2.24, 2.45) is 0 Å². The second-order valence-electron chi connectivity index (χ2n) is 5.14. The number of unbranched alkanes of at least 4 members (excludes halogenated alkanes) is 1. The normalized spacial score (nSPS) is 16.1. The molecule has 2 rings (SSSR count). The van der Waals surface area contributed by atoms with Crippen LogP contribution >= 0.6 is 11.3 Å². The minimum absolute atomic E-state index is 0.715. The van der Waals surface area contributed by atoms with E-state index in [0.717, 1.165) is 6.54 Å². The average molecular weight is 251 g/mol. The predicted octanol–water partition coefficient (Wildman–Crippen LogP) is 4.30. The van der Waals surface area contributed by atoms with Crippen molar-refractivity contribution >= 4 is 11.3 Å². The molecule has 1 aromatic heterocycles. The Balaban J connectivity index is 1.79. The van der Waals surface area contributed by atoms with Gasteiger partial charge in [-0.25, -0.2) is 0 Å². The molecule has 0 saturated heterocycles. The van der Waals surface area contributed by atoms with Crippen LogP contribution in [0.4, 0.5) is 0 Å². The van der Waals surface area contributed by atoms with Gasteiger partial charge in [-0.15, -0.1) is 11.3 Å². The van der Waals surface area contributed by atoms with Gasteiger partial charge in [0.25, 0.3) is 0 Å². The molecule has 0 fully saturated rings. The van der Waals surface area contributed by atoms with Crippen molar-refractivity contribution in [2.75, 3.05) is 0 Å². The highest BCUT2D eigenvalue weighted by Gasteiger charge is 2.15. The van der Waals surface area contributed by atoms with E-state index in [4.69, 9.17) is 0 Å². The van der Waals surface area contributed by atoms with E-state index in [1.807, 2.05) is 11.3 Å². The van der Waals surface area contributed by atoms with Crippen molar-refractivity contribution < 1.29 is 0 Å². The first kappa shape index (κ1) is 13.1. The first-order chi connectivity index (χ1) is 8.33. The smallest absolute Gasteiger partial charge is 0.0302 e. The Morgan fingerprint density at radius 2 is 2.24 bits per heavy atom. The predicted molar refractivity (Wildman–Crippen MR) is 76.8 cm³/mol. The molecular formula is C15H25NS. The quantitative estimate of drug-likeness (QED) is 0.762. The number of hydrogen-bond acceptors (Lipinski definition) is 2. The van der Waals surface area contributed by atoms with Gasteiger partial charge >= 0.3 is 0 Å². The zero-order chi connectivity index (χ0) is 12.1. The number of rotatable bonds is 7. The van der Waals surface area contributed by atoms with Crippen LogP contribution in [0.3, 0.4) is 0 Å². The van der Waals surface area contributed by atoms with Crippen LogP contribution in [-0.4, -0.2) is 6.04 Å². The lowest BCUT2D eigenvalue weighted by Gasteiger charge is -2.15. The summed E-state index contributed by atoms with van der Waals surface area (Å²) in [4.78, 5) is 3.20. The largest absolute Gasteiger partial charge is 0.309 e. The summed E-state index contributed by atoms with van der Waals surface area (Å²) in [7, 11) is 0. The van der Waals surface area contributed by atoms with Crippen molar-refractivity contribution in [2.45, 2.75) is 71.4 Å². The first-order valence-electron chi connectivity index (χ1n) is 7.17. The zero-order valence-corrected chi connectivity index (χ0v) is 12.0. The second-order valence-corrected chi connectivity index (χ2v) is 6.36. The van der Waals surface area contributed by atoms with Gasteiger partial charge in [0.15, 0.2) is 0 Å². The molecule has 17 heavy (non-hydrogen) atoms. The molecule has 2 heteroatoms. The van der Waals surface area contributed by atoms with Gasteiger partial charge in [-0.1, -0.05) is 26.7 Å². The SMILES string of the molecule is CCCCC(CC)NCc1cc2c(s1)CCC2. The van der Waals surface area contributed by atoms with Gasteiger partial charge in [0, 0.05) is 22.3 Å². The fourth-order valence-corrected chi connectivity index (χ4v) is 3.84. The summed E-state index contributed by atoms with van der Waals surface area (Å²) in [5.41, 5.74) is 1.63. The Labute approximate surface area is 110 Å². The van der Waals surface area contributed by atoms with Crippen molar-refractivity contribution in [3.63, 3.8) is 0 Å². The molecule has 0 radical (unpaired) electrons. The summed E-state index contributed by atoms with van der Waals surface area (Å²) in [5, 5.41) is 3.72. The van der Waals surface area contributed by atoms with Crippen molar-refractivity contribution in [1.82, 2.24) is 5.32 Å². The second kappa shape index (κ2) is 6.55. The minimum atomic E-state index is 0.715. The summed E-state index contributed by atoms with van der Waals surface area (Å²) in [6.45, 7) is 5.65. The number of aryl methyl sites for hydroxylation is 2. The van der Waals surface area contributed by atoms with Gasteiger partial charge in [-0.3, -0.25) is 0 Å². The van der Waals surface area contributed by atoms with Gasteiger partial charge in [0.2, 0.25) is 0 Å². The molecule has 96 valence electrons. The maximum atomic E-state index is 3.72. The van der Waals surface area contributed by atoms with E-state index in [1.54, 1.807) is 15.3 Å². The third-order valence-electron chi connectivity index (χ3n) is 3.76. The number of fused-ring (bicyclic) bond motifs is 1. The van der Waals surface area contributed by atoms with E-state index in [9.17, 15) is 0 Å². The third-order valence-corrected chi connectivity index (χ3v) is 5.00. The Kier molecular flexibility index (Phi) is 5.05. The zero-order valence-electron chi connectivity index (χ0n) is 11.2. The summed E-state index contributed by atoms with van der Waals surface area (Å²) < 4.78 is 0. The highest BCUT2D eigenvalue weighted by Crippen LogP contribution is 2.30. The highest BCUT2D eigenvalue weighted by atomic mass is 32.1. The molecule has 1 aliphatic carbocycles. The van der Waals surface area contributed by atoms with Gasteiger partial charge in [-0.05, 0) is 43.7 Å². The van der Waals surface area contributed by atoms with Crippen LogP contribution in [0.25, 0.3) is 0 Å². The lowest BCUT2D eigenvalue weighted by Crippen LogP contribution is -2.27. The monoisotopic (exact) mass is 251 g/mol. The molecule has 1 aromatic rings. The van der Waals surface area contributed by atoms with Crippen LogP contribution in [-0.2, 0) is 19.4 Å². The van der Waals surface area contributed by atoms with Crippen molar-refractivity contribution in [3.05, 3.63) is 21.4 Å². The van der Waals surface area contributed by atoms with Crippen LogP contribution < -0.4 is 5.32 Å². The Hall–Kier alpha value is -0.340. The van der Waals surface area contributed by atoms with E-state index in [0.29, 0.717) is 6.04 Å². The molecule has 1 atom stereocenters.